The minimum absolute atomic E-state index is 0.0702. The zero-order chi connectivity index (χ0) is 23.5. The van der Waals surface area contributed by atoms with Crippen LogP contribution in [-0.2, 0) is 16.7 Å². The van der Waals surface area contributed by atoms with Gasteiger partial charge in [-0.3, -0.25) is 9.59 Å². The van der Waals surface area contributed by atoms with E-state index in [0.717, 1.165) is 17.8 Å². The number of thioether (sulfide) groups is 1. The van der Waals surface area contributed by atoms with Crippen molar-refractivity contribution in [2.24, 2.45) is 0 Å². The van der Waals surface area contributed by atoms with Gasteiger partial charge in [0, 0.05) is 24.2 Å². The van der Waals surface area contributed by atoms with Crippen LogP contribution in [0.5, 0.6) is 11.8 Å². The summed E-state index contributed by atoms with van der Waals surface area (Å²) in [7, 11) is 2.76. The number of rotatable bonds is 7. The average Bonchev–Trinajstić information content (AvgIpc) is 2.76. The molecule has 170 valence electrons. The summed E-state index contributed by atoms with van der Waals surface area (Å²) in [4.78, 5) is 36.9. The van der Waals surface area contributed by atoms with E-state index >= 15 is 0 Å². The monoisotopic (exact) mass is 469 g/mol. The second-order valence-electron chi connectivity index (χ2n) is 6.64. The van der Waals surface area contributed by atoms with Crippen LogP contribution in [0.25, 0.3) is 0 Å². The van der Waals surface area contributed by atoms with E-state index in [1.54, 1.807) is 0 Å². The van der Waals surface area contributed by atoms with Gasteiger partial charge in [0.05, 0.1) is 26.0 Å². The first-order valence-electron chi connectivity index (χ1n) is 9.31. The molecule has 0 radical (unpaired) electrons. The average molecular weight is 469 g/mol. The van der Waals surface area contributed by atoms with Crippen LogP contribution in [-0.4, -0.2) is 45.8 Å². The molecule has 0 unspecified atom stereocenters. The zero-order valence-corrected chi connectivity index (χ0v) is 17.8. The second-order valence-corrected chi connectivity index (χ2v) is 7.58. The maximum absolute atomic E-state index is 13.2. The molecule has 0 aromatic carbocycles. The molecular formula is C20H18F3N3O5S. The Labute approximate surface area is 184 Å². The summed E-state index contributed by atoms with van der Waals surface area (Å²) in [5, 5.41) is 10.2. The van der Waals surface area contributed by atoms with E-state index in [4.69, 9.17) is 9.47 Å². The summed E-state index contributed by atoms with van der Waals surface area (Å²) < 4.78 is 49.8. The van der Waals surface area contributed by atoms with E-state index in [9.17, 15) is 27.9 Å². The number of carbonyl (C=O) groups excluding carboxylic acids is 2. The van der Waals surface area contributed by atoms with E-state index in [0.29, 0.717) is 12.5 Å². The van der Waals surface area contributed by atoms with Gasteiger partial charge in [0.1, 0.15) is 17.0 Å². The van der Waals surface area contributed by atoms with Gasteiger partial charge in [-0.2, -0.15) is 23.1 Å². The Bertz CT molecular complexity index is 1070. The van der Waals surface area contributed by atoms with Gasteiger partial charge in [-0.1, -0.05) is 11.8 Å². The van der Waals surface area contributed by atoms with E-state index in [1.165, 1.54) is 20.3 Å². The minimum atomic E-state index is -4.74. The predicted molar refractivity (Wildman–Crippen MR) is 107 cm³/mol. The predicted octanol–water partition coefficient (Wildman–Crippen LogP) is 3.95. The lowest BCUT2D eigenvalue weighted by Crippen LogP contribution is -2.21. The Morgan fingerprint density at radius 2 is 1.78 bits per heavy atom. The number of allylic oxidation sites excluding steroid dienone is 2. The largest absolute Gasteiger partial charge is 0.511 e. The molecule has 8 nitrogen and oxygen atoms in total. The lowest BCUT2D eigenvalue weighted by atomic mass is 9.90. The Hall–Kier alpha value is -3.15. The number of hydrogen-bond donors (Lipinski definition) is 1. The fourth-order valence-corrected chi connectivity index (χ4v) is 3.78. The number of ketones is 2. The van der Waals surface area contributed by atoms with Gasteiger partial charge >= 0.3 is 6.18 Å². The molecule has 1 aliphatic carbocycles. The van der Waals surface area contributed by atoms with Crippen molar-refractivity contribution in [2.75, 3.05) is 14.2 Å². The molecule has 0 aliphatic heterocycles. The molecule has 2 aromatic rings. The number of Topliss-reactive ketones (excluding diaryl/α,β-unsaturated/α-hetero) is 2. The first kappa shape index (κ1) is 23.5. The van der Waals surface area contributed by atoms with Crippen molar-refractivity contribution >= 4 is 23.3 Å². The van der Waals surface area contributed by atoms with Crippen LogP contribution in [0, 0.1) is 0 Å². The molecule has 2 heterocycles. The lowest BCUT2D eigenvalue weighted by Gasteiger charge is -2.16. The number of aliphatic hydroxyl groups is 1. The van der Waals surface area contributed by atoms with Gasteiger partial charge in [0.25, 0.3) is 0 Å². The molecule has 0 saturated heterocycles. The summed E-state index contributed by atoms with van der Waals surface area (Å²) in [5.41, 5.74) is -2.04. The van der Waals surface area contributed by atoms with Gasteiger partial charge in [-0.05, 0) is 18.6 Å². The van der Waals surface area contributed by atoms with Crippen molar-refractivity contribution in [3.63, 3.8) is 0 Å². The molecule has 0 spiro atoms. The third kappa shape index (κ3) is 5.18. The van der Waals surface area contributed by atoms with Gasteiger partial charge in [-0.15, -0.1) is 0 Å². The number of hydrogen-bond acceptors (Lipinski definition) is 9. The topological polar surface area (TPSA) is 112 Å². The number of halogens is 3. The van der Waals surface area contributed by atoms with Gasteiger partial charge < -0.3 is 14.6 Å². The first-order chi connectivity index (χ1) is 15.1. The number of aliphatic hydroxyl groups excluding tert-OH is 1. The summed E-state index contributed by atoms with van der Waals surface area (Å²) in [6.07, 6.45) is -4.13. The van der Waals surface area contributed by atoms with Crippen molar-refractivity contribution in [1.82, 2.24) is 15.0 Å². The van der Waals surface area contributed by atoms with E-state index < -0.39 is 29.0 Å². The van der Waals surface area contributed by atoms with Crippen LogP contribution in [0.2, 0.25) is 0 Å². The van der Waals surface area contributed by atoms with E-state index in [2.05, 4.69) is 15.0 Å². The van der Waals surface area contributed by atoms with Crippen molar-refractivity contribution < 1.29 is 37.3 Å². The SMILES string of the molecule is COc1cc(OC)nc(SCc2nc(C(F)(F)F)ccc2C(=O)C2=C(O)CCCC2=O)n1. The van der Waals surface area contributed by atoms with Crippen LogP contribution in [0.3, 0.4) is 0 Å². The van der Waals surface area contributed by atoms with Crippen LogP contribution in [0.1, 0.15) is 41.0 Å². The Balaban J connectivity index is 2.00. The minimum Gasteiger partial charge on any atom is -0.511 e. The molecule has 2 aromatic heterocycles. The highest BCUT2D eigenvalue weighted by atomic mass is 32.2. The van der Waals surface area contributed by atoms with Crippen LogP contribution >= 0.6 is 11.8 Å². The Morgan fingerprint density at radius 1 is 1.12 bits per heavy atom. The summed E-state index contributed by atoms with van der Waals surface area (Å²) in [6.45, 7) is 0. The van der Waals surface area contributed by atoms with Gasteiger partial charge in [-0.25, -0.2) is 4.98 Å². The lowest BCUT2D eigenvalue weighted by molar-refractivity contribution is -0.141. The molecule has 12 heteroatoms. The quantitative estimate of drug-likeness (QED) is 0.279. The van der Waals surface area contributed by atoms with Gasteiger partial charge in [0.2, 0.25) is 17.5 Å². The third-order valence-corrected chi connectivity index (χ3v) is 5.39. The molecule has 32 heavy (non-hydrogen) atoms. The highest BCUT2D eigenvalue weighted by molar-refractivity contribution is 7.98. The summed E-state index contributed by atoms with van der Waals surface area (Å²) in [6, 6.07) is 3.05. The number of aromatic nitrogens is 3. The molecule has 0 bridgehead atoms. The summed E-state index contributed by atoms with van der Waals surface area (Å²) in [5.74, 6) is -1.66. The van der Waals surface area contributed by atoms with Crippen molar-refractivity contribution in [3.05, 3.63) is 46.5 Å². The molecule has 0 fully saturated rings. The number of ether oxygens (including phenoxy) is 2. The van der Waals surface area contributed by atoms with E-state index in [-0.39, 0.29) is 52.5 Å². The zero-order valence-electron chi connectivity index (χ0n) is 17.0. The molecule has 3 rings (SSSR count). The maximum atomic E-state index is 13.2. The van der Waals surface area contributed by atoms with Crippen LogP contribution in [0.15, 0.2) is 34.7 Å². The van der Waals surface area contributed by atoms with Crippen LogP contribution < -0.4 is 9.47 Å². The molecule has 0 amide bonds. The van der Waals surface area contributed by atoms with Gasteiger partial charge in [0.15, 0.2) is 10.9 Å². The normalized spacial score (nSPS) is 14.5. The number of nitrogens with zero attached hydrogens (tertiary/aromatic N) is 3. The fourth-order valence-electron chi connectivity index (χ4n) is 2.99. The molecule has 1 aliphatic rings. The third-order valence-electron chi connectivity index (χ3n) is 4.54. The van der Waals surface area contributed by atoms with Crippen molar-refractivity contribution in [1.29, 1.82) is 0 Å². The number of alkyl halides is 3. The molecule has 1 N–H and O–H groups in total. The molecule has 0 saturated carbocycles. The van der Waals surface area contributed by atoms with Crippen molar-refractivity contribution in [3.8, 4) is 11.8 Å². The highest BCUT2D eigenvalue weighted by Gasteiger charge is 2.35. The van der Waals surface area contributed by atoms with Crippen LogP contribution in [0.4, 0.5) is 13.2 Å². The smallest absolute Gasteiger partial charge is 0.433 e. The molecule has 0 atom stereocenters. The number of methoxy groups -OCH3 is 2. The first-order valence-corrected chi connectivity index (χ1v) is 10.3. The summed E-state index contributed by atoms with van der Waals surface area (Å²) >= 11 is 0.904. The maximum Gasteiger partial charge on any atom is 0.433 e. The highest BCUT2D eigenvalue weighted by Crippen LogP contribution is 2.32. The Kier molecular flexibility index (Phi) is 7.02. The standard InChI is InChI=1S/C20H18F3N3O5S/c1-30-15-8-16(31-2)26-19(25-15)32-9-11-10(6-7-14(24-11)20(21,22)23)18(29)17-12(27)4-3-5-13(17)28/h6-8,27H,3-5,9H2,1-2H3. The number of pyridine rings is 1. The van der Waals surface area contributed by atoms with E-state index in [1.807, 2.05) is 0 Å². The number of carbonyl (C=O) groups is 2. The van der Waals surface area contributed by atoms with Crippen molar-refractivity contribution in [2.45, 2.75) is 36.3 Å². The second kappa shape index (κ2) is 9.55. The Morgan fingerprint density at radius 3 is 2.34 bits per heavy atom. The molecular weight excluding hydrogens is 451 g/mol. The fraction of sp³-hybridized carbons (Fsp3) is 0.350.